The first kappa shape index (κ1) is 24.8. The molecule has 0 bridgehead atoms. The molecule has 1 aromatic heterocycles. The zero-order valence-corrected chi connectivity index (χ0v) is 20.3. The molecule has 1 aliphatic heterocycles. The maximum atomic E-state index is 12.3. The second kappa shape index (κ2) is 10.8. The van der Waals surface area contributed by atoms with Crippen LogP contribution < -0.4 is 19.7 Å². The molecule has 1 amide bonds. The lowest BCUT2D eigenvalue weighted by molar-refractivity contribution is -0.118. The molecular weight excluding hydrogens is 444 g/mol. The van der Waals surface area contributed by atoms with Crippen LogP contribution >= 0.6 is 0 Å². The molecule has 1 aliphatic rings. The standard InChI is InChI=1S/C23H32N4O5S/c1-16(2)31-21-8-6-20(7-9-21)26-33(29,30)15-23(28)25-12-19-5-10-22(24-11-19)27-13-17(3)32-18(4)14-27/h5-11,16-18,26H,12-15H2,1-4H3,(H,25,28). The van der Waals surface area contributed by atoms with Gasteiger partial charge in [0.2, 0.25) is 15.9 Å². The predicted octanol–water partition coefficient (Wildman–Crippen LogP) is 2.54. The van der Waals surface area contributed by atoms with Gasteiger partial charge >= 0.3 is 0 Å². The van der Waals surface area contributed by atoms with Gasteiger partial charge in [0, 0.05) is 31.5 Å². The van der Waals surface area contributed by atoms with Crippen molar-refractivity contribution < 1.29 is 22.7 Å². The average molecular weight is 477 g/mol. The highest BCUT2D eigenvalue weighted by Gasteiger charge is 2.23. The van der Waals surface area contributed by atoms with Crippen molar-refractivity contribution in [3.63, 3.8) is 0 Å². The third-order valence-electron chi connectivity index (χ3n) is 4.86. The van der Waals surface area contributed by atoms with Gasteiger partial charge in [0.15, 0.2) is 0 Å². The van der Waals surface area contributed by atoms with Crippen LogP contribution in [0.2, 0.25) is 0 Å². The quantitative estimate of drug-likeness (QED) is 0.572. The van der Waals surface area contributed by atoms with E-state index in [0.717, 1.165) is 24.5 Å². The number of nitrogens with zero attached hydrogens (tertiary/aromatic N) is 2. The number of carbonyl (C=O) groups is 1. The molecule has 33 heavy (non-hydrogen) atoms. The number of aromatic nitrogens is 1. The van der Waals surface area contributed by atoms with Crippen molar-refractivity contribution in [2.45, 2.75) is 52.6 Å². The van der Waals surface area contributed by atoms with Gasteiger partial charge < -0.3 is 19.7 Å². The molecule has 1 aromatic carbocycles. The molecule has 2 heterocycles. The Balaban J connectivity index is 1.48. The van der Waals surface area contributed by atoms with Crippen molar-refractivity contribution in [1.82, 2.24) is 10.3 Å². The summed E-state index contributed by atoms with van der Waals surface area (Å²) in [5.74, 6) is 0.223. The number of hydrogen-bond donors (Lipinski definition) is 2. The summed E-state index contributed by atoms with van der Waals surface area (Å²) in [6.45, 7) is 9.61. The van der Waals surface area contributed by atoms with E-state index < -0.39 is 21.7 Å². The first-order valence-electron chi connectivity index (χ1n) is 11.0. The Kier molecular flexibility index (Phi) is 8.15. The number of nitrogens with one attached hydrogen (secondary N) is 2. The summed E-state index contributed by atoms with van der Waals surface area (Å²) in [6.07, 6.45) is 1.98. The van der Waals surface area contributed by atoms with E-state index in [-0.39, 0.29) is 24.9 Å². The van der Waals surface area contributed by atoms with Gasteiger partial charge in [-0.15, -0.1) is 0 Å². The largest absolute Gasteiger partial charge is 0.491 e. The topological polar surface area (TPSA) is 110 Å². The van der Waals surface area contributed by atoms with Crippen molar-refractivity contribution >= 4 is 27.4 Å². The maximum absolute atomic E-state index is 12.3. The molecule has 0 radical (unpaired) electrons. The van der Waals surface area contributed by atoms with Crippen LogP contribution in [0.4, 0.5) is 11.5 Å². The number of sulfonamides is 1. The monoisotopic (exact) mass is 476 g/mol. The van der Waals surface area contributed by atoms with Crippen LogP contribution in [0, 0.1) is 0 Å². The van der Waals surface area contributed by atoms with Gasteiger partial charge in [-0.1, -0.05) is 6.07 Å². The summed E-state index contributed by atoms with van der Waals surface area (Å²) in [4.78, 5) is 18.8. The van der Waals surface area contributed by atoms with Crippen molar-refractivity contribution in [1.29, 1.82) is 0 Å². The summed E-state index contributed by atoms with van der Waals surface area (Å²) >= 11 is 0. The second-order valence-electron chi connectivity index (χ2n) is 8.52. The smallest absolute Gasteiger partial charge is 0.241 e. The van der Waals surface area contributed by atoms with E-state index in [2.05, 4.69) is 19.9 Å². The minimum Gasteiger partial charge on any atom is -0.491 e. The number of hydrogen-bond acceptors (Lipinski definition) is 7. The van der Waals surface area contributed by atoms with Crippen LogP contribution in [0.3, 0.4) is 0 Å². The molecule has 2 atom stereocenters. The van der Waals surface area contributed by atoms with E-state index >= 15 is 0 Å². The highest BCUT2D eigenvalue weighted by molar-refractivity contribution is 7.93. The Morgan fingerprint density at radius 3 is 2.39 bits per heavy atom. The van der Waals surface area contributed by atoms with Crippen molar-refractivity contribution in [2.24, 2.45) is 0 Å². The zero-order valence-electron chi connectivity index (χ0n) is 19.4. The molecule has 0 saturated carbocycles. The Morgan fingerprint density at radius 2 is 1.82 bits per heavy atom. The lowest BCUT2D eigenvalue weighted by atomic mass is 10.2. The summed E-state index contributed by atoms with van der Waals surface area (Å²) in [5.41, 5.74) is 1.15. The number of amides is 1. The number of ether oxygens (including phenoxy) is 2. The minimum absolute atomic E-state index is 0.0226. The molecule has 2 N–H and O–H groups in total. The molecule has 1 fully saturated rings. The number of anilines is 2. The number of morpholine rings is 1. The number of carbonyl (C=O) groups excluding carboxylic acids is 1. The number of rotatable bonds is 9. The highest BCUT2D eigenvalue weighted by Crippen LogP contribution is 2.19. The van der Waals surface area contributed by atoms with Gasteiger partial charge in [-0.3, -0.25) is 9.52 Å². The van der Waals surface area contributed by atoms with E-state index in [1.54, 1.807) is 30.5 Å². The summed E-state index contributed by atoms with van der Waals surface area (Å²) in [6, 6.07) is 10.3. The molecule has 3 rings (SSSR count). The molecule has 1 saturated heterocycles. The second-order valence-corrected chi connectivity index (χ2v) is 10.2. The molecule has 2 aromatic rings. The van der Waals surface area contributed by atoms with Crippen LogP contribution in [0.15, 0.2) is 42.6 Å². The molecule has 2 unspecified atom stereocenters. The van der Waals surface area contributed by atoms with Gasteiger partial charge in [0.25, 0.3) is 0 Å². The lowest BCUT2D eigenvalue weighted by Gasteiger charge is -2.36. The Morgan fingerprint density at radius 1 is 1.15 bits per heavy atom. The van der Waals surface area contributed by atoms with Crippen LogP contribution in [0.25, 0.3) is 0 Å². The van der Waals surface area contributed by atoms with Crippen LogP contribution in [0.1, 0.15) is 33.3 Å². The fourth-order valence-electron chi connectivity index (χ4n) is 3.59. The van der Waals surface area contributed by atoms with Crippen LogP contribution in [-0.4, -0.2) is 56.5 Å². The first-order chi connectivity index (χ1) is 15.6. The molecule has 180 valence electrons. The Bertz CT molecular complexity index is 1020. The van der Waals surface area contributed by atoms with Crippen molar-refractivity contribution in [3.8, 4) is 5.75 Å². The van der Waals surface area contributed by atoms with E-state index in [4.69, 9.17) is 9.47 Å². The maximum Gasteiger partial charge on any atom is 0.241 e. The Labute approximate surface area is 195 Å². The van der Waals surface area contributed by atoms with Crippen molar-refractivity contribution in [3.05, 3.63) is 48.2 Å². The summed E-state index contributed by atoms with van der Waals surface area (Å²) in [5, 5.41) is 2.63. The molecule has 0 aliphatic carbocycles. The zero-order chi connectivity index (χ0) is 24.0. The molecule has 9 nitrogen and oxygen atoms in total. The third kappa shape index (κ3) is 7.90. The fraction of sp³-hybridized carbons (Fsp3) is 0.478. The first-order valence-corrected chi connectivity index (χ1v) is 12.6. The Hall–Kier alpha value is -2.85. The summed E-state index contributed by atoms with van der Waals surface area (Å²) < 4.78 is 38.3. The van der Waals surface area contributed by atoms with Gasteiger partial charge in [0.05, 0.1) is 18.3 Å². The fourth-order valence-corrected chi connectivity index (χ4v) is 4.60. The van der Waals surface area contributed by atoms with E-state index in [9.17, 15) is 13.2 Å². The molecular formula is C23H32N4O5S. The van der Waals surface area contributed by atoms with Gasteiger partial charge in [-0.25, -0.2) is 13.4 Å². The summed E-state index contributed by atoms with van der Waals surface area (Å²) in [7, 11) is -3.84. The van der Waals surface area contributed by atoms with Gasteiger partial charge in [0.1, 0.15) is 17.3 Å². The molecule has 10 heteroatoms. The normalized spacial score (nSPS) is 18.8. The van der Waals surface area contributed by atoms with Crippen molar-refractivity contribution in [2.75, 3.05) is 28.5 Å². The lowest BCUT2D eigenvalue weighted by Crippen LogP contribution is -2.45. The highest BCUT2D eigenvalue weighted by atomic mass is 32.2. The third-order valence-corrected chi connectivity index (χ3v) is 6.05. The molecule has 0 spiro atoms. The minimum atomic E-state index is -3.84. The number of pyridine rings is 1. The van der Waals surface area contributed by atoms with E-state index in [1.807, 2.05) is 39.8 Å². The van der Waals surface area contributed by atoms with E-state index in [0.29, 0.717) is 11.4 Å². The predicted molar refractivity (Wildman–Crippen MR) is 128 cm³/mol. The number of benzene rings is 1. The SMILES string of the molecule is CC(C)Oc1ccc(NS(=O)(=O)CC(=O)NCc2ccc(N3CC(C)OC(C)C3)nc2)cc1. The van der Waals surface area contributed by atoms with E-state index in [1.165, 1.54) is 0 Å². The average Bonchev–Trinajstić information content (AvgIpc) is 2.72. The van der Waals surface area contributed by atoms with Gasteiger partial charge in [-0.2, -0.15) is 0 Å². The van der Waals surface area contributed by atoms with Gasteiger partial charge in [-0.05, 0) is 63.6 Å². The van der Waals surface area contributed by atoms with Crippen LogP contribution in [-0.2, 0) is 26.1 Å². The van der Waals surface area contributed by atoms with Crippen LogP contribution in [0.5, 0.6) is 5.75 Å².